The predicted octanol–water partition coefficient (Wildman–Crippen LogP) is 3.50. The zero-order valence-electron chi connectivity index (χ0n) is 16.3. The molecular formula is C20H16F3N5O3. The topological polar surface area (TPSA) is 105 Å². The quantitative estimate of drug-likeness (QED) is 0.515. The van der Waals surface area contributed by atoms with E-state index in [1.807, 2.05) is 0 Å². The first-order valence-electron chi connectivity index (χ1n) is 9.19. The molecule has 0 bridgehead atoms. The molecule has 0 atom stereocenters. The lowest BCUT2D eigenvalue weighted by atomic mass is 10.1. The van der Waals surface area contributed by atoms with E-state index in [-0.39, 0.29) is 29.0 Å². The number of amides is 1. The molecule has 0 saturated heterocycles. The van der Waals surface area contributed by atoms with Crippen molar-refractivity contribution in [3.8, 4) is 22.7 Å². The van der Waals surface area contributed by atoms with Crippen molar-refractivity contribution < 1.29 is 22.4 Å². The van der Waals surface area contributed by atoms with Crippen LogP contribution in [0.1, 0.15) is 30.0 Å². The van der Waals surface area contributed by atoms with Gasteiger partial charge in [0, 0.05) is 12.1 Å². The summed E-state index contributed by atoms with van der Waals surface area (Å²) in [7, 11) is 0. The Bertz CT molecular complexity index is 1320. The molecule has 0 saturated carbocycles. The van der Waals surface area contributed by atoms with E-state index in [0.29, 0.717) is 11.1 Å². The molecule has 1 aromatic carbocycles. The third-order valence-electron chi connectivity index (χ3n) is 4.40. The fourth-order valence-electron chi connectivity index (χ4n) is 2.97. The second-order valence-corrected chi connectivity index (χ2v) is 7.07. The van der Waals surface area contributed by atoms with Crippen molar-refractivity contribution in [3.63, 3.8) is 0 Å². The van der Waals surface area contributed by atoms with Crippen LogP contribution in [0.25, 0.3) is 28.4 Å². The summed E-state index contributed by atoms with van der Waals surface area (Å²) in [6, 6.07) is 5.52. The van der Waals surface area contributed by atoms with Crippen molar-refractivity contribution in [1.29, 1.82) is 0 Å². The maximum atomic E-state index is 12.8. The number of hydrogen-bond donors (Lipinski definition) is 2. The van der Waals surface area contributed by atoms with Crippen molar-refractivity contribution >= 4 is 11.6 Å². The van der Waals surface area contributed by atoms with Gasteiger partial charge in [0.1, 0.15) is 5.56 Å². The summed E-state index contributed by atoms with van der Waals surface area (Å²) in [6.07, 6.45) is -1.85. The summed E-state index contributed by atoms with van der Waals surface area (Å²) in [5.41, 5.74) is -0.0908. The van der Waals surface area contributed by atoms with Gasteiger partial charge in [0.25, 0.3) is 11.5 Å². The average molecular weight is 431 g/mol. The van der Waals surface area contributed by atoms with E-state index in [4.69, 9.17) is 4.42 Å². The van der Waals surface area contributed by atoms with Crippen LogP contribution >= 0.6 is 0 Å². The first-order chi connectivity index (χ1) is 14.6. The fraction of sp³-hybridized carbons (Fsp3) is 0.200. The van der Waals surface area contributed by atoms with Gasteiger partial charge < -0.3 is 14.7 Å². The number of benzene rings is 1. The highest BCUT2D eigenvalue weighted by Gasteiger charge is 2.30. The van der Waals surface area contributed by atoms with Crippen molar-refractivity contribution in [2.45, 2.75) is 26.1 Å². The smallest absolute Gasteiger partial charge is 0.416 e. The van der Waals surface area contributed by atoms with Crippen molar-refractivity contribution in [1.82, 2.24) is 24.9 Å². The molecule has 4 aromatic rings. The molecule has 4 rings (SSSR count). The molecule has 31 heavy (non-hydrogen) atoms. The summed E-state index contributed by atoms with van der Waals surface area (Å²) < 4.78 is 45.0. The lowest BCUT2D eigenvalue weighted by Crippen LogP contribution is -2.29. The number of carbonyl (C=O) groups excluding carboxylic acids is 1. The monoisotopic (exact) mass is 431 g/mol. The third-order valence-corrected chi connectivity index (χ3v) is 4.40. The Morgan fingerprint density at radius 3 is 2.55 bits per heavy atom. The van der Waals surface area contributed by atoms with Gasteiger partial charge in [-0.15, -0.1) is 0 Å². The van der Waals surface area contributed by atoms with Crippen LogP contribution < -0.4 is 10.9 Å². The fourth-order valence-corrected chi connectivity index (χ4v) is 2.97. The molecule has 3 heterocycles. The zero-order valence-corrected chi connectivity index (χ0v) is 16.3. The Labute approximate surface area is 172 Å². The molecular weight excluding hydrogens is 415 g/mol. The van der Waals surface area contributed by atoms with Gasteiger partial charge in [0.15, 0.2) is 5.65 Å². The molecule has 0 unspecified atom stereocenters. The minimum Gasteiger partial charge on any atom is -0.431 e. The summed E-state index contributed by atoms with van der Waals surface area (Å²) in [6.45, 7) is 3.60. The molecule has 1 amide bonds. The molecule has 0 aliphatic carbocycles. The Morgan fingerprint density at radius 1 is 1.19 bits per heavy atom. The van der Waals surface area contributed by atoms with Crippen LogP contribution in [0.15, 0.2) is 51.9 Å². The number of carbonyl (C=O) groups is 1. The van der Waals surface area contributed by atoms with Crippen molar-refractivity contribution in [2.75, 3.05) is 0 Å². The number of nitrogens with zero attached hydrogens (tertiary/aromatic N) is 3. The Kier molecular flexibility index (Phi) is 4.88. The van der Waals surface area contributed by atoms with Gasteiger partial charge in [-0.3, -0.25) is 9.59 Å². The van der Waals surface area contributed by atoms with Crippen LogP contribution in [0, 0.1) is 0 Å². The highest BCUT2D eigenvalue weighted by atomic mass is 19.4. The molecule has 8 nitrogen and oxygen atoms in total. The normalized spacial score (nSPS) is 11.9. The maximum absolute atomic E-state index is 12.8. The number of halogens is 3. The molecule has 3 aromatic heterocycles. The molecule has 160 valence electrons. The number of rotatable bonds is 4. The van der Waals surface area contributed by atoms with E-state index in [9.17, 15) is 22.8 Å². The van der Waals surface area contributed by atoms with Crippen LogP contribution in [0.4, 0.5) is 13.2 Å². The lowest BCUT2D eigenvalue weighted by molar-refractivity contribution is -0.137. The van der Waals surface area contributed by atoms with Crippen LogP contribution in [-0.4, -0.2) is 31.5 Å². The SMILES string of the molecule is CC(C)NC(=O)c1cnc(-c2cnn3c(=O)cc(-c4ccc(C(F)(F)F)cc4)[nH]c23)o1. The number of aromatic amines is 1. The Balaban J connectivity index is 1.75. The standard InChI is InChI=1S/C20H16F3N5O3/c1-10(2)26-18(30)15-9-24-19(31-15)13-8-25-28-16(29)7-14(27-17(13)28)11-3-5-12(6-4-11)20(21,22)23/h3-10,27H,1-2H3,(H,26,30). The van der Waals surface area contributed by atoms with Gasteiger partial charge in [-0.1, -0.05) is 12.1 Å². The summed E-state index contributed by atoms with van der Waals surface area (Å²) in [5, 5.41) is 6.68. The lowest BCUT2D eigenvalue weighted by Gasteiger charge is -2.08. The number of aromatic nitrogens is 4. The zero-order chi connectivity index (χ0) is 22.3. The molecule has 0 fully saturated rings. The van der Waals surface area contributed by atoms with Gasteiger partial charge in [0.2, 0.25) is 11.7 Å². The van der Waals surface area contributed by atoms with Crippen molar-refractivity contribution in [3.05, 3.63) is 64.4 Å². The van der Waals surface area contributed by atoms with Crippen LogP contribution in [0.2, 0.25) is 0 Å². The van der Waals surface area contributed by atoms with E-state index in [0.717, 1.165) is 16.6 Å². The number of nitrogens with one attached hydrogen (secondary N) is 2. The van der Waals surface area contributed by atoms with Gasteiger partial charge in [-0.2, -0.15) is 22.8 Å². The van der Waals surface area contributed by atoms with Gasteiger partial charge in [0.05, 0.1) is 23.7 Å². The third kappa shape index (κ3) is 3.93. The van der Waals surface area contributed by atoms with Crippen LogP contribution in [0.5, 0.6) is 0 Å². The first-order valence-corrected chi connectivity index (χ1v) is 9.19. The van der Waals surface area contributed by atoms with E-state index >= 15 is 0 Å². The van der Waals surface area contributed by atoms with E-state index in [1.165, 1.54) is 30.6 Å². The molecule has 2 N–H and O–H groups in total. The number of H-pyrrole nitrogens is 1. The van der Waals surface area contributed by atoms with Crippen LogP contribution in [-0.2, 0) is 6.18 Å². The number of fused-ring (bicyclic) bond motifs is 1. The van der Waals surface area contributed by atoms with Crippen molar-refractivity contribution in [2.24, 2.45) is 0 Å². The molecule has 0 aliphatic rings. The number of oxazole rings is 1. The van der Waals surface area contributed by atoms with E-state index in [1.54, 1.807) is 13.8 Å². The number of hydrogen-bond acceptors (Lipinski definition) is 5. The summed E-state index contributed by atoms with van der Waals surface area (Å²) >= 11 is 0. The van der Waals surface area contributed by atoms with Crippen LogP contribution in [0.3, 0.4) is 0 Å². The second kappa shape index (κ2) is 7.42. The van der Waals surface area contributed by atoms with Gasteiger partial charge in [-0.25, -0.2) is 4.98 Å². The molecule has 0 spiro atoms. The largest absolute Gasteiger partial charge is 0.431 e. The maximum Gasteiger partial charge on any atom is 0.416 e. The van der Waals surface area contributed by atoms with E-state index in [2.05, 4.69) is 20.4 Å². The van der Waals surface area contributed by atoms with Gasteiger partial charge >= 0.3 is 6.18 Å². The molecule has 0 aliphatic heterocycles. The highest BCUT2D eigenvalue weighted by Crippen LogP contribution is 2.31. The van der Waals surface area contributed by atoms with E-state index < -0.39 is 23.2 Å². The highest BCUT2D eigenvalue weighted by molar-refractivity contribution is 5.91. The number of alkyl halides is 3. The summed E-state index contributed by atoms with van der Waals surface area (Å²) in [4.78, 5) is 31.6. The predicted molar refractivity (Wildman–Crippen MR) is 104 cm³/mol. The summed E-state index contributed by atoms with van der Waals surface area (Å²) in [5.74, 6) is -0.391. The first kappa shape index (κ1) is 20.4. The van der Waals surface area contributed by atoms with Gasteiger partial charge in [-0.05, 0) is 31.5 Å². The minimum atomic E-state index is -4.46. The molecule has 0 radical (unpaired) electrons. The average Bonchev–Trinajstić information content (AvgIpc) is 3.34. The molecule has 11 heteroatoms. The minimum absolute atomic E-state index is 0.00992. The Morgan fingerprint density at radius 2 is 1.90 bits per heavy atom. The Hall–Kier alpha value is -3.89. The second-order valence-electron chi connectivity index (χ2n) is 7.07.